The van der Waals surface area contributed by atoms with Crippen LogP contribution in [-0.4, -0.2) is 37.9 Å². The van der Waals surface area contributed by atoms with Crippen LogP contribution in [0, 0.1) is 0 Å². The number of benzene rings is 1. The van der Waals surface area contributed by atoms with Crippen LogP contribution in [0.5, 0.6) is 17.2 Å². The zero-order chi connectivity index (χ0) is 14.3. The summed E-state index contributed by atoms with van der Waals surface area (Å²) in [6.07, 6.45) is 1.35. The van der Waals surface area contributed by atoms with Gasteiger partial charge in [0.1, 0.15) is 5.75 Å². The van der Waals surface area contributed by atoms with E-state index in [-0.39, 0.29) is 6.54 Å². The second-order valence-electron chi connectivity index (χ2n) is 4.89. The standard InChI is InChI=1S/C14H17NO5/c1-18-12-8-3-5-19-11(8)10(9(6-15)14(16)17)7-2-4-20-13(7)12/h9H,2-6,15H2,1H3,(H,16,17). The SMILES string of the molecule is COc1c2c(c(C(CN)C(=O)O)c3c1OCC3)OCC2. The molecule has 2 aliphatic rings. The molecule has 0 saturated heterocycles. The topological polar surface area (TPSA) is 91.0 Å². The van der Waals surface area contributed by atoms with E-state index in [1.165, 1.54) is 0 Å². The van der Waals surface area contributed by atoms with Gasteiger partial charge in [-0.05, 0) is 0 Å². The van der Waals surface area contributed by atoms with Crippen LogP contribution < -0.4 is 19.9 Å². The first-order valence-electron chi connectivity index (χ1n) is 6.63. The highest BCUT2D eigenvalue weighted by atomic mass is 16.5. The Labute approximate surface area is 116 Å². The van der Waals surface area contributed by atoms with Crippen molar-refractivity contribution in [2.24, 2.45) is 5.73 Å². The summed E-state index contributed by atoms with van der Waals surface area (Å²) in [7, 11) is 1.59. The smallest absolute Gasteiger partial charge is 0.312 e. The van der Waals surface area contributed by atoms with Crippen molar-refractivity contribution in [1.29, 1.82) is 0 Å². The van der Waals surface area contributed by atoms with Gasteiger partial charge in [-0.1, -0.05) is 0 Å². The molecular formula is C14H17NO5. The number of fused-ring (bicyclic) bond motifs is 2. The van der Waals surface area contributed by atoms with Crippen LogP contribution in [0.2, 0.25) is 0 Å². The molecule has 1 aromatic rings. The van der Waals surface area contributed by atoms with Gasteiger partial charge in [0.15, 0.2) is 11.5 Å². The van der Waals surface area contributed by atoms with Crippen LogP contribution in [0.4, 0.5) is 0 Å². The van der Waals surface area contributed by atoms with E-state index in [4.69, 9.17) is 19.9 Å². The third-order valence-corrected chi connectivity index (χ3v) is 3.88. The molecule has 20 heavy (non-hydrogen) atoms. The van der Waals surface area contributed by atoms with Crippen molar-refractivity contribution < 1.29 is 24.1 Å². The maximum Gasteiger partial charge on any atom is 0.312 e. The number of carboxylic acids is 1. The summed E-state index contributed by atoms with van der Waals surface area (Å²) in [5, 5.41) is 9.41. The molecule has 2 heterocycles. The highest BCUT2D eigenvalue weighted by Crippen LogP contribution is 2.51. The predicted molar refractivity (Wildman–Crippen MR) is 70.8 cm³/mol. The van der Waals surface area contributed by atoms with Crippen LogP contribution in [0.15, 0.2) is 0 Å². The highest BCUT2D eigenvalue weighted by molar-refractivity contribution is 5.81. The Balaban J connectivity index is 2.27. The van der Waals surface area contributed by atoms with E-state index >= 15 is 0 Å². The summed E-state index contributed by atoms with van der Waals surface area (Å²) >= 11 is 0. The zero-order valence-corrected chi connectivity index (χ0v) is 11.3. The van der Waals surface area contributed by atoms with E-state index in [2.05, 4.69) is 0 Å². The minimum Gasteiger partial charge on any atom is -0.492 e. The first-order chi connectivity index (χ1) is 9.69. The Bertz CT molecular complexity index is 534. The summed E-state index contributed by atoms with van der Waals surface area (Å²) in [5.74, 6) is 0.248. The summed E-state index contributed by atoms with van der Waals surface area (Å²) < 4.78 is 16.8. The second-order valence-corrected chi connectivity index (χ2v) is 4.89. The maximum absolute atomic E-state index is 11.5. The second kappa shape index (κ2) is 4.86. The van der Waals surface area contributed by atoms with Gasteiger partial charge < -0.3 is 25.1 Å². The van der Waals surface area contributed by atoms with Gasteiger partial charge in [-0.2, -0.15) is 0 Å². The van der Waals surface area contributed by atoms with Crippen LogP contribution in [0.3, 0.4) is 0 Å². The summed E-state index contributed by atoms with van der Waals surface area (Å²) in [6.45, 7) is 1.08. The molecule has 1 atom stereocenters. The molecule has 0 spiro atoms. The number of rotatable bonds is 4. The van der Waals surface area contributed by atoms with Gasteiger partial charge in [-0.25, -0.2) is 0 Å². The Kier molecular flexibility index (Phi) is 3.17. The first kappa shape index (κ1) is 13.1. The largest absolute Gasteiger partial charge is 0.492 e. The van der Waals surface area contributed by atoms with Crippen LogP contribution in [0.25, 0.3) is 0 Å². The monoisotopic (exact) mass is 279 g/mol. The number of nitrogens with two attached hydrogens (primary N) is 1. The molecule has 0 saturated carbocycles. The van der Waals surface area contributed by atoms with E-state index in [9.17, 15) is 9.90 Å². The lowest BCUT2D eigenvalue weighted by Crippen LogP contribution is -2.23. The van der Waals surface area contributed by atoms with Crippen LogP contribution >= 0.6 is 0 Å². The van der Waals surface area contributed by atoms with Gasteiger partial charge >= 0.3 is 5.97 Å². The van der Waals surface area contributed by atoms with Crippen molar-refractivity contribution in [2.45, 2.75) is 18.8 Å². The number of carbonyl (C=O) groups is 1. The minimum atomic E-state index is -0.940. The average molecular weight is 279 g/mol. The van der Waals surface area contributed by atoms with Gasteiger partial charge in [0.2, 0.25) is 0 Å². The minimum absolute atomic E-state index is 0.0316. The van der Waals surface area contributed by atoms with Crippen molar-refractivity contribution >= 4 is 5.97 Å². The number of aliphatic carboxylic acids is 1. The third-order valence-electron chi connectivity index (χ3n) is 3.88. The number of carboxylic acid groups (broad SMARTS) is 1. The quantitative estimate of drug-likeness (QED) is 0.842. The number of ether oxygens (including phenoxy) is 3. The Morgan fingerprint density at radius 2 is 1.95 bits per heavy atom. The fourth-order valence-corrected chi connectivity index (χ4v) is 3.03. The molecule has 3 N–H and O–H groups in total. The van der Waals surface area contributed by atoms with Crippen LogP contribution in [0.1, 0.15) is 22.6 Å². The summed E-state index contributed by atoms with van der Waals surface area (Å²) in [5.41, 5.74) is 8.08. The Morgan fingerprint density at radius 3 is 2.55 bits per heavy atom. The van der Waals surface area contributed by atoms with E-state index in [0.717, 1.165) is 11.1 Å². The molecule has 6 heteroatoms. The van der Waals surface area contributed by atoms with Gasteiger partial charge in [0.05, 0.1) is 26.2 Å². The van der Waals surface area contributed by atoms with Gasteiger partial charge in [0, 0.05) is 36.1 Å². The molecule has 1 unspecified atom stereocenters. The average Bonchev–Trinajstić information content (AvgIpc) is 3.06. The fourth-order valence-electron chi connectivity index (χ4n) is 3.03. The van der Waals surface area contributed by atoms with E-state index in [0.29, 0.717) is 48.9 Å². The van der Waals surface area contributed by atoms with E-state index < -0.39 is 11.9 Å². The predicted octanol–water partition coefficient (Wildman–Crippen LogP) is 0.692. The Hall–Kier alpha value is -1.95. The lowest BCUT2D eigenvalue weighted by Gasteiger charge is -2.20. The normalized spacial score (nSPS) is 16.9. The molecule has 108 valence electrons. The van der Waals surface area contributed by atoms with Crippen molar-refractivity contribution in [3.05, 3.63) is 16.7 Å². The molecular weight excluding hydrogens is 262 g/mol. The lowest BCUT2D eigenvalue weighted by atomic mass is 9.89. The van der Waals surface area contributed by atoms with Crippen LogP contribution in [-0.2, 0) is 17.6 Å². The van der Waals surface area contributed by atoms with Crippen molar-refractivity contribution in [3.8, 4) is 17.2 Å². The number of methoxy groups -OCH3 is 1. The summed E-state index contributed by atoms with van der Waals surface area (Å²) in [6, 6.07) is 0. The highest BCUT2D eigenvalue weighted by Gasteiger charge is 2.36. The number of hydrogen-bond donors (Lipinski definition) is 2. The molecule has 0 radical (unpaired) electrons. The van der Waals surface area contributed by atoms with Gasteiger partial charge in [0.25, 0.3) is 0 Å². The van der Waals surface area contributed by atoms with E-state index in [1.54, 1.807) is 7.11 Å². The Morgan fingerprint density at radius 1 is 1.30 bits per heavy atom. The molecule has 0 bridgehead atoms. The molecule has 6 nitrogen and oxygen atoms in total. The van der Waals surface area contributed by atoms with Crippen molar-refractivity contribution in [1.82, 2.24) is 0 Å². The molecule has 0 fully saturated rings. The van der Waals surface area contributed by atoms with E-state index in [1.807, 2.05) is 0 Å². The van der Waals surface area contributed by atoms with Gasteiger partial charge in [-0.3, -0.25) is 4.79 Å². The zero-order valence-electron chi connectivity index (χ0n) is 11.3. The van der Waals surface area contributed by atoms with Crippen molar-refractivity contribution in [3.63, 3.8) is 0 Å². The van der Waals surface area contributed by atoms with Gasteiger partial charge in [-0.15, -0.1) is 0 Å². The lowest BCUT2D eigenvalue weighted by molar-refractivity contribution is -0.138. The first-order valence-corrected chi connectivity index (χ1v) is 6.63. The molecule has 0 aliphatic carbocycles. The molecule has 2 aliphatic heterocycles. The number of hydrogen-bond acceptors (Lipinski definition) is 5. The summed E-state index contributed by atoms with van der Waals surface area (Å²) in [4.78, 5) is 11.5. The molecule has 0 amide bonds. The molecule has 3 rings (SSSR count). The third kappa shape index (κ3) is 1.71. The maximum atomic E-state index is 11.5. The molecule has 1 aromatic carbocycles. The fraction of sp³-hybridized carbons (Fsp3) is 0.500. The molecule has 0 aromatic heterocycles. The van der Waals surface area contributed by atoms with Crippen molar-refractivity contribution in [2.75, 3.05) is 26.9 Å².